The number of aromatic amines is 1. The van der Waals surface area contributed by atoms with Crippen molar-refractivity contribution in [2.75, 3.05) is 26.2 Å². The average molecular weight is 413 g/mol. The Morgan fingerprint density at radius 2 is 2.13 bits per heavy atom. The van der Waals surface area contributed by atoms with Crippen LogP contribution in [0.5, 0.6) is 0 Å². The topological polar surface area (TPSA) is 112 Å². The van der Waals surface area contributed by atoms with Crippen LogP contribution in [0, 0.1) is 5.92 Å². The summed E-state index contributed by atoms with van der Waals surface area (Å²) in [6.45, 7) is 3.77. The first-order valence-corrected chi connectivity index (χ1v) is 10.4. The number of amides is 1. The molecule has 0 radical (unpaired) electrons. The van der Waals surface area contributed by atoms with Gasteiger partial charge >= 0.3 is 5.97 Å². The summed E-state index contributed by atoms with van der Waals surface area (Å²) in [6.07, 6.45) is 5.97. The van der Waals surface area contributed by atoms with E-state index in [1.165, 1.54) is 0 Å². The fourth-order valence-electron chi connectivity index (χ4n) is 4.27. The number of ether oxygens (including phenoxy) is 1. The number of carbonyl (C=O) groups excluding carboxylic acids is 1. The molecule has 9 heteroatoms. The zero-order valence-electron chi connectivity index (χ0n) is 16.9. The van der Waals surface area contributed by atoms with Crippen molar-refractivity contribution in [1.82, 2.24) is 25.0 Å². The normalized spacial score (nSPS) is 22.3. The lowest BCUT2D eigenvalue weighted by atomic mass is 9.96. The van der Waals surface area contributed by atoms with Crippen LogP contribution in [0.4, 0.5) is 0 Å². The molecule has 9 nitrogen and oxygen atoms in total. The van der Waals surface area contributed by atoms with Gasteiger partial charge in [-0.05, 0) is 37.9 Å². The van der Waals surface area contributed by atoms with Crippen LogP contribution >= 0.6 is 0 Å². The highest BCUT2D eigenvalue weighted by molar-refractivity contribution is 5.86. The van der Waals surface area contributed by atoms with Gasteiger partial charge in [-0.2, -0.15) is 5.10 Å². The first-order chi connectivity index (χ1) is 14.6. The van der Waals surface area contributed by atoms with Crippen LogP contribution in [0.25, 0.3) is 0 Å². The van der Waals surface area contributed by atoms with Gasteiger partial charge in [-0.3, -0.25) is 19.8 Å². The van der Waals surface area contributed by atoms with Crippen LogP contribution in [-0.4, -0.2) is 74.2 Å². The van der Waals surface area contributed by atoms with Crippen LogP contribution in [-0.2, 0) is 22.7 Å². The second kappa shape index (κ2) is 9.36. The molecule has 2 atom stereocenters. The third-order valence-corrected chi connectivity index (χ3v) is 5.83. The minimum absolute atomic E-state index is 0.0414. The predicted molar refractivity (Wildman–Crippen MR) is 108 cm³/mol. The van der Waals surface area contributed by atoms with Gasteiger partial charge in [-0.25, -0.2) is 4.79 Å². The standard InChI is InChI=1S/C21H27N5O4/c27-20(26-9-6-18(13-26)30-14-17-5-1-2-7-22-17)15-4-3-8-25(11-15)12-16-10-23-24-19(16)21(28)29/h1-2,5,7,10,15,18H,3-4,6,8-9,11-14H2,(H,23,24)(H,28,29)/t15-,18-/m1/s1. The van der Waals surface area contributed by atoms with Crippen molar-refractivity contribution in [3.8, 4) is 0 Å². The van der Waals surface area contributed by atoms with E-state index < -0.39 is 5.97 Å². The van der Waals surface area contributed by atoms with E-state index in [1.807, 2.05) is 23.1 Å². The van der Waals surface area contributed by atoms with Crippen LogP contribution in [0.15, 0.2) is 30.6 Å². The maximum atomic E-state index is 13.1. The third-order valence-electron chi connectivity index (χ3n) is 5.83. The van der Waals surface area contributed by atoms with E-state index >= 15 is 0 Å². The van der Waals surface area contributed by atoms with Crippen molar-refractivity contribution in [2.24, 2.45) is 5.92 Å². The minimum Gasteiger partial charge on any atom is -0.477 e. The lowest BCUT2D eigenvalue weighted by Crippen LogP contribution is -2.44. The van der Waals surface area contributed by atoms with Crippen molar-refractivity contribution in [1.29, 1.82) is 0 Å². The number of piperidine rings is 1. The fourth-order valence-corrected chi connectivity index (χ4v) is 4.27. The number of carboxylic acids is 1. The van der Waals surface area contributed by atoms with Gasteiger partial charge in [0.25, 0.3) is 0 Å². The number of aromatic carboxylic acids is 1. The summed E-state index contributed by atoms with van der Waals surface area (Å²) in [5.74, 6) is -0.899. The predicted octanol–water partition coefficient (Wildman–Crippen LogP) is 1.53. The Morgan fingerprint density at radius 3 is 2.93 bits per heavy atom. The molecule has 4 heterocycles. The van der Waals surface area contributed by atoms with Gasteiger partial charge in [0, 0.05) is 37.9 Å². The quantitative estimate of drug-likeness (QED) is 0.708. The van der Waals surface area contributed by atoms with Gasteiger partial charge < -0.3 is 14.7 Å². The Morgan fingerprint density at radius 1 is 1.23 bits per heavy atom. The summed E-state index contributed by atoms with van der Waals surface area (Å²) in [7, 11) is 0. The molecule has 0 aliphatic carbocycles. The minimum atomic E-state index is -1.01. The van der Waals surface area contributed by atoms with Gasteiger partial charge in [-0.1, -0.05) is 6.07 Å². The van der Waals surface area contributed by atoms with Crippen molar-refractivity contribution < 1.29 is 19.4 Å². The number of hydrogen-bond acceptors (Lipinski definition) is 6. The molecule has 2 aliphatic heterocycles. The SMILES string of the molecule is O=C(O)c1[nH]ncc1CN1CCC[C@@H](C(=O)N2CC[C@@H](OCc3ccccn3)C2)C1. The first-order valence-electron chi connectivity index (χ1n) is 10.4. The monoisotopic (exact) mass is 413 g/mol. The number of hydrogen-bond donors (Lipinski definition) is 2. The highest BCUT2D eigenvalue weighted by atomic mass is 16.5. The lowest BCUT2D eigenvalue weighted by Gasteiger charge is -2.33. The van der Waals surface area contributed by atoms with E-state index in [-0.39, 0.29) is 23.6 Å². The molecule has 160 valence electrons. The molecule has 4 rings (SSSR count). The highest BCUT2D eigenvalue weighted by Crippen LogP contribution is 2.24. The maximum Gasteiger partial charge on any atom is 0.354 e. The fraction of sp³-hybridized carbons (Fsp3) is 0.524. The molecule has 2 fully saturated rings. The summed E-state index contributed by atoms with van der Waals surface area (Å²) in [6, 6.07) is 5.75. The number of pyridine rings is 1. The number of carboxylic acid groups (broad SMARTS) is 1. The number of nitrogens with zero attached hydrogens (tertiary/aromatic N) is 4. The smallest absolute Gasteiger partial charge is 0.354 e. The number of carbonyl (C=O) groups is 2. The molecule has 2 saturated heterocycles. The van der Waals surface area contributed by atoms with E-state index in [1.54, 1.807) is 12.4 Å². The van der Waals surface area contributed by atoms with Crippen LogP contribution < -0.4 is 0 Å². The van der Waals surface area contributed by atoms with Crippen molar-refractivity contribution in [3.05, 3.63) is 47.5 Å². The highest BCUT2D eigenvalue weighted by Gasteiger charge is 2.34. The lowest BCUT2D eigenvalue weighted by molar-refractivity contribution is -0.137. The Bertz CT molecular complexity index is 871. The first kappa shape index (κ1) is 20.5. The Kier molecular flexibility index (Phi) is 6.39. The van der Waals surface area contributed by atoms with Gasteiger partial charge in [0.05, 0.1) is 30.5 Å². The van der Waals surface area contributed by atoms with Gasteiger partial charge in [-0.15, -0.1) is 0 Å². The molecule has 0 saturated carbocycles. The second-order valence-electron chi connectivity index (χ2n) is 7.98. The van der Waals surface area contributed by atoms with Gasteiger partial charge in [0.2, 0.25) is 5.91 Å². The zero-order valence-corrected chi connectivity index (χ0v) is 16.9. The molecule has 0 spiro atoms. The van der Waals surface area contributed by atoms with Crippen LogP contribution in [0.2, 0.25) is 0 Å². The third kappa shape index (κ3) is 4.85. The molecule has 2 aliphatic rings. The molecule has 0 unspecified atom stereocenters. The summed E-state index contributed by atoms with van der Waals surface area (Å²) < 4.78 is 5.95. The number of nitrogens with one attached hydrogen (secondary N) is 1. The van der Waals surface area contributed by atoms with E-state index in [2.05, 4.69) is 20.1 Å². The Hall–Kier alpha value is -2.78. The summed E-state index contributed by atoms with van der Waals surface area (Å²) >= 11 is 0. The average Bonchev–Trinajstić information content (AvgIpc) is 3.42. The molecule has 2 N–H and O–H groups in total. The van der Waals surface area contributed by atoms with Crippen molar-refractivity contribution in [3.63, 3.8) is 0 Å². The molecule has 1 amide bonds. The summed E-state index contributed by atoms with van der Waals surface area (Å²) in [5, 5.41) is 15.6. The molecule has 0 bridgehead atoms. The van der Waals surface area contributed by atoms with E-state index in [0.717, 1.165) is 31.5 Å². The van der Waals surface area contributed by atoms with Gasteiger partial charge in [0.15, 0.2) is 0 Å². The molecule has 0 aromatic carbocycles. The Balaban J connectivity index is 1.28. The molecular formula is C21H27N5O4. The van der Waals surface area contributed by atoms with Gasteiger partial charge in [0.1, 0.15) is 5.69 Å². The van der Waals surface area contributed by atoms with Crippen molar-refractivity contribution >= 4 is 11.9 Å². The van der Waals surface area contributed by atoms with Crippen molar-refractivity contribution in [2.45, 2.75) is 38.5 Å². The van der Waals surface area contributed by atoms with E-state index in [4.69, 9.17) is 4.74 Å². The number of likely N-dealkylation sites (tertiary alicyclic amines) is 2. The Labute approximate surface area is 175 Å². The molecule has 30 heavy (non-hydrogen) atoms. The number of rotatable bonds is 7. The summed E-state index contributed by atoms with van der Waals surface area (Å²) in [5.41, 5.74) is 1.67. The van der Waals surface area contributed by atoms with Crippen LogP contribution in [0.1, 0.15) is 41.0 Å². The second-order valence-corrected chi connectivity index (χ2v) is 7.98. The number of aromatic nitrogens is 3. The maximum absolute atomic E-state index is 13.1. The van der Waals surface area contributed by atoms with Crippen LogP contribution in [0.3, 0.4) is 0 Å². The van der Waals surface area contributed by atoms with E-state index in [9.17, 15) is 14.7 Å². The molecular weight excluding hydrogens is 386 g/mol. The summed E-state index contributed by atoms with van der Waals surface area (Å²) in [4.78, 5) is 32.7. The largest absolute Gasteiger partial charge is 0.477 e. The van der Waals surface area contributed by atoms with E-state index in [0.29, 0.717) is 38.3 Å². The number of H-pyrrole nitrogens is 1. The zero-order chi connectivity index (χ0) is 20.9. The molecule has 2 aromatic rings. The molecule has 2 aromatic heterocycles.